The van der Waals surface area contributed by atoms with Crippen LogP contribution in [0.3, 0.4) is 0 Å². The van der Waals surface area contributed by atoms with Gasteiger partial charge in [0.05, 0.1) is 5.69 Å². The summed E-state index contributed by atoms with van der Waals surface area (Å²) in [6.45, 7) is 2.30. The summed E-state index contributed by atoms with van der Waals surface area (Å²) in [5.41, 5.74) is 1.67. The first-order chi connectivity index (χ1) is 10.1. The van der Waals surface area contributed by atoms with Crippen molar-refractivity contribution in [2.24, 2.45) is 0 Å². The van der Waals surface area contributed by atoms with E-state index in [9.17, 15) is 14.7 Å². The molecule has 1 aliphatic heterocycles. The molecule has 2 aromatic rings. The van der Waals surface area contributed by atoms with Crippen molar-refractivity contribution >= 4 is 34.6 Å². The second kappa shape index (κ2) is 5.57. The molecule has 21 heavy (non-hydrogen) atoms. The van der Waals surface area contributed by atoms with Crippen molar-refractivity contribution in [1.29, 1.82) is 0 Å². The molecular weight excluding hydrogens is 308 g/mol. The van der Waals surface area contributed by atoms with Crippen molar-refractivity contribution in [1.82, 2.24) is 9.88 Å². The van der Waals surface area contributed by atoms with Crippen molar-refractivity contribution in [3.63, 3.8) is 0 Å². The van der Waals surface area contributed by atoms with Gasteiger partial charge in [-0.1, -0.05) is 0 Å². The average Bonchev–Trinajstić information content (AvgIpc) is 3.18. The maximum Gasteiger partial charge on any atom is 0.326 e. The van der Waals surface area contributed by atoms with Gasteiger partial charge in [0.1, 0.15) is 15.9 Å². The zero-order chi connectivity index (χ0) is 15.0. The Hall–Kier alpha value is -1.73. The van der Waals surface area contributed by atoms with Gasteiger partial charge in [-0.15, -0.1) is 11.3 Å². The molecule has 1 N–H and O–H groups in total. The number of aryl methyl sites for hydroxylation is 1. The normalized spacial score (nSPS) is 18.1. The van der Waals surface area contributed by atoms with Crippen LogP contribution in [0.1, 0.15) is 28.2 Å². The Balaban J connectivity index is 1.90. The van der Waals surface area contributed by atoms with Crippen LogP contribution in [0.15, 0.2) is 16.8 Å². The van der Waals surface area contributed by atoms with Crippen LogP contribution >= 0.6 is 22.7 Å². The maximum atomic E-state index is 12.6. The van der Waals surface area contributed by atoms with Crippen LogP contribution < -0.4 is 0 Å². The maximum absolute atomic E-state index is 12.6. The minimum absolute atomic E-state index is 0.212. The molecule has 3 heterocycles. The molecule has 7 heteroatoms. The van der Waals surface area contributed by atoms with E-state index in [0.29, 0.717) is 23.5 Å². The highest BCUT2D eigenvalue weighted by molar-refractivity contribution is 7.17. The molecule has 1 aliphatic rings. The summed E-state index contributed by atoms with van der Waals surface area (Å²) < 4.78 is 0. The van der Waals surface area contributed by atoms with Crippen LogP contribution in [0.4, 0.5) is 0 Å². The van der Waals surface area contributed by atoms with E-state index in [-0.39, 0.29) is 5.91 Å². The summed E-state index contributed by atoms with van der Waals surface area (Å²) in [5.74, 6) is -1.14. The number of nitrogens with zero attached hydrogens (tertiary/aromatic N) is 2. The molecule has 2 aromatic heterocycles. The van der Waals surface area contributed by atoms with Crippen molar-refractivity contribution in [2.45, 2.75) is 25.8 Å². The fourth-order valence-electron chi connectivity index (χ4n) is 2.50. The Morgan fingerprint density at radius 1 is 1.48 bits per heavy atom. The summed E-state index contributed by atoms with van der Waals surface area (Å²) in [6.07, 6.45) is 1.26. The van der Waals surface area contributed by atoms with Gasteiger partial charge < -0.3 is 10.0 Å². The molecule has 0 aromatic carbocycles. The quantitative estimate of drug-likeness (QED) is 0.943. The molecule has 1 unspecified atom stereocenters. The van der Waals surface area contributed by atoms with E-state index in [0.717, 1.165) is 17.0 Å². The standard InChI is InChI=1S/C14H14N2O3S2/c1-8-11(21-12(15-8)9-4-6-20-7-9)13(17)16-5-2-3-10(16)14(18)19/h4,6-7,10H,2-3,5H2,1H3,(H,18,19). The van der Waals surface area contributed by atoms with Gasteiger partial charge in [0, 0.05) is 17.5 Å². The number of thiophene rings is 1. The van der Waals surface area contributed by atoms with Crippen LogP contribution in [-0.4, -0.2) is 39.5 Å². The number of aromatic nitrogens is 1. The molecule has 0 radical (unpaired) electrons. The molecule has 5 nitrogen and oxygen atoms in total. The van der Waals surface area contributed by atoms with Gasteiger partial charge in [0.15, 0.2) is 0 Å². The van der Waals surface area contributed by atoms with Gasteiger partial charge in [0.2, 0.25) is 0 Å². The Morgan fingerprint density at radius 3 is 2.95 bits per heavy atom. The van der Waals surface area contributed by atoms with Gasteiger partial charge in [-0.2, -0.15) is 11.3 Å². The second-order valence-corrected chi connectivity index (χ2v) is 6.72. The van der Waals surface area contributed by atoms with Crippen LogP contribution in [0.25, 0.3) is 10.6 Å². The molecule has 1 fully saturated rings. The Morgan fingerprint density at radius 2 is 2.29 bits per heavy atom. The lowest BCUT2D eigenvalue weighted by Crippen LogP contribution is -2.40. The number of hydrogen-bond donors (Lipinski definition) is 1. The van der Waals surface area contributed by atoms with Crippen molar-refractivity contribution in [3.05, 3.63) is 27.4 Å². The van der Waals surface area contributed by atoms with Crippen molar-refractivity contribution < 1.29 is 14.7 Å². The number of amides is 1. The predicted octanol–water partition coefficient (Wildman–Crippen LogP) is 2.87. The topological polar surface area (TPSA) is 70.5 Å². The molecule has 1 atom stereocenters. The summed E-state index contributed by atoms with van der Waals surface area (Å²) >= 11 is 2.92. The summed E-state index contributed by atoms with van der Waals surface area (Å²) in [7, 11) is 0. The monoisotopic (exact) mass is 322 g/mol. The summed E-state index contributed by atoms with van der Waals surface area (Å²) in [5, 5.41) is 14.0. The van der Waals surface area contributed by atoms with E-state index in [1.165, 1.54) is 16.2 Å². The van der Waals surface area contributed by atoms with E-state index >= 15 is 0 Å². The first-order valence-corrected chi connectivity index (χ1v) is 8.37. The van der Waals surface area contributed by atoms with Gasteiger partial charge in [-0.05, 0) is 31.2 Å². The van der Waals surface area contributed by atoms with Crippen LogP contribution in [0, 0.1) is 6.92 Å². The van der Waals surface area contributed by atoms with Crippen LogP contribution in [-0.2, 0) is 4.79 Å². The molecule has 3 rings (SSSR count). The highest BCUT2D eigenvalue weighted by Crippen LogP contribution is 2.31. The Kier molecular flexibility index (Phi) is 3.77. The lowest BCUT2D eigenvalue weighted by atomic mass is 10.2. The zero-order valence-electron chi connectivity index (χ0n) is 11.4. The number of carboxylic acids is 1. The van der Waals surface area contributed by atoms with E-state index in [1.807, 2.05) is 16.8 Å². The largest absolute Gasteiger partial charge is 0.480 e. The second-order valence-electron chi connectivity index (χ2n) is 4.94. The van der Waals surface area contributed by atoms with E-state index < -0.39 is 12.0 Å². The molecule has 0 aliphatic carbocycles. The third-order valence-electron chi connectivity index (χ3n) is 3.56. The van der Waals surface area contributed by atoms with Crippen molar-refractivity contribution in [3.8, 4) is 10.6 Å². The first kappa shape index (κ1) is 14.2. The highest BCUT2D eigenvalue weighted by Gasteiger charge is 2.35. The Labute approximate surface area is 129 Å². The predicted molar refractivity (Wildman–Crippen MR) is 81.9 cm³/mol. The summed E-state index contributed by atoms with van der Waals surface area (Å²) in [6, 6.07) is 1.26. The van der Waals surface area contributed by atoms with Crippen LogP contribution in [0.2, 0.25) is 0 Å². The SMILES string of the molecule is Cc1nc(-c2ccsc2)sc1C(=O)N1CCCC1C(=O)O. The minimum atomic E-state index is -0.930. The Bertz CT molecular complexity index is 678. The smallest absolute Gasteiger partial charge is 0.326 e. The number of carbonyl (C=O) groups excluding carboxylic acids is 1. The zero-order valence-corrected chi connectivity index (χ0v) is 13.0. The van der Waals surface area contributed by atoms with Gasteiger partial charge >= 0.3 is 5.97 Å². The number of thiazole rings is 1. The molecule has 1 amide bonds. The number of carbonyl (C=O) groups is 2. The molecule has 1 saturated heterocycles. The van der Waals surface area contributed by atoms with Crippen LogP contribution in [0.5, 0.6) is 0 Å². The van der Waals surface area contributed by atoms with E-state index in [1.54, 1.807) is 18.3 Å². The van der Waals surface area contributed by atoms with E-state index in [4.69, 9.17) is 0 Å². The molecule has 110 valence electrons. The highest BCUT2D eigenvalue weighted by atomic mass is 32.1. The average molecular weight is 322 g/mol. The van der Waals surface area contributed by atoms with Gasteiger partial charge in [0.25, 0.3) is 5.91 Å². The lowest BCUT2D eigenvalue weighted by Gasteiger charge is -2.20. The van der Waals surface area contributed by atoms with E-state index in [2.05, 4.69) is 4.98 Å². The third-order valence-corrected chi connectivity index (χ3v) is 5.44. The number of likely N-dealkylation sites (tertiary alicyclic amines) is 1. The number of carboxylic acid groups (broad SMARTS) is 1. The summed E-state index contributed by atoms with van der Waals surface area (Å²) in [4.78, 5) is 30.3. The molecule has 0 saturated carbocycles. The lowest BCUT2D eigenvalue weighted by molar-refractivity contribution is -0.141. The fourth-order valence-corrected chi connectivity index (χ4v) is 4.24. The number of aliphatic carboxylic acids is 1. The number of hydrogen-bond acceptors (Lipinski definition) is 5. The fraction of sp³-hybridized carbons (Fsp3) is 0.357. The third kappa shape index (κ3) is 2.58. The molecule has 0 spiro atoms. The minimum Gasteiger partial charge on any atom is -0.480 e. The van der Waals surface area contributed by atoms with Crippen molar-refractivity contribution in [2.75, 3.05) is 6.54 Å². The molecular formula is C14H14N2O3S2. The van der Waals surface area contributed by atoms with Gasteiger partial charge in [-0.25, -0.2) is 9.78 Å². The first-order valence-electron chi connectivity index (χ1n) is 6.61. The van der Waals surface area contributed by atoms with Gasteiger partial charge in [-0.3, -0.25) is 4.79 Å². The molecule has 0 bridgehead atoms. The number of rotatable bonds is 3.